The Balaban J connectivity index is 1.90. The van der Waals surface area contributed by atoms with Gasteiger partial charge in [0, 0.05) is 38.0 Å². The van der Waals surface area contributed by atoms with E-state index in [9.17, 15) is 0 Å². The van der Waals surface area contributed by atoms with Crippen LogP contribution in [0.25, 0.3) is 0 Å². The Morgan fingerprint density at radius 3 is 2.55 bits per heavy atom. The van der Waals surface area contributed by atoms with Crippen molar-refractivity contribution in [3.05, 3.63) is 57.2 Å². The van der Waals surface area contributed by atoms with Crippen LogP contribution in [0, 0.1) is 0 Å². The summed E-state index contributed by atoms with van der Waals surface area (Å²) in [5.41, 5.74) is 1.25. The van der Waals surface area contributed by atoms with Crippen molar-refractivity contribution < 1.29 is 0 Å². The van der Waals surface area contributed by atoms with Crippen molar-refractivity contribution in [2.45, 2.75) is 17.4 Å². The summed E-state index contributed by atoms with van der Waals surface area (Å²) in [6.07, 6.45) is 4.72. The number of likely N-dealkylation sites (N-methyl/N-ethyl adjacent to an activating group) is 1. The molecule has 20 heavy (non-hydrogen) atoms. The quantitative estimate of drug-likeness (QED) is 0.701. The van der Waals surface area contributed by atoms with Gasteiger partial charge in [0.1, 0.15) is 0 Å². The molecule has 0 aliphatic rings. The monoisotopic (exact) mass is 414 g/mol. The largest absolute Gasteiger partial charge is 0.316 e. The van der Waals surface area contributed by atoms with Crippen molar-refractivity contribution in [3.63, 3.8) is 0 Å². The number of aromatic nitrogens is 1. The second-order valence-corrected chi connectivity index (χ2v) is 7.39. The highest BCUT2D eigenvalue weighted by molar-refractivity contribution is 9.10. The van der Waals surface area contributed by atoms with Gasteiger partial charge in [0.05, 0.1) is 0 Å². The summed E-state index contributed by atoms with van der Waals surface area (Å²) in [4.78, 5) is 5.51. The molecule has 0 aliphatic heterocycles. The normalized spacial score (nSPS) is 12.3. The zero-order valence-corrected chi connectivity index (χ0v) is 15.1. The van der Waals surface area contributed by atoms with Crippen LogP contribution < -0.4 is 5.32 Å². The Labute approximate surface area is 141 Å². The minimum absolute atomic E-state index is 0.430. The molecule has 1 aromatic carbocycles. The van der Waals surface area contributed by atoms with Gasteiger partial charge in [-0.05, 0) is 65.3 Å². The van der Waals surface area contributed by atoms with Gasteiger partial charge in [-0.15, -0.1) is 11.8 Å². The van der Waals surface area contributed by atoms with Gasteiger partial charge in [0.25, 0.3) is 0 Å². The van der Waals surface area contributed by atoms with E-state index in [2.05, 4.69) is 72.5 Å². The maximum atomic E-state index is 4.21. The van der Waals surface area contributed by atoms with E-state index in [1.807, 2.05) is 31.2 Å². The molecule has 0 saturated heterocycles. The molecule has 1 heterocycles. The van der Waals surface area contributed by atoms with Crippen molar-refractivity contribution >= 4 is 43.6 Å². The van der Waals surface area contributed by atoms with E-state index in [-0.39, 0.29) is 0 Å². The molecule has 0 saturated carbocycles. The van der Waals surface area contributed by atoms with Gasteiger partial charge >= 0.3 is 0 Å². The highest BCUT2D eigenvalue weighted by Crippen LogP contribution is 2.22. The predicted octanol–water partition coefficient (Wildman–Crippen LogP) is 4.53. The van der Waals surface area contributed by atoms with Crippen molar-refractivity contribution in [1.82, 2.24) is 10.3 Å². The number of nitrogens with zero attached hydrogens (tertiary/aromatic N) is 1. The first kappa shape index (κ1) is 16.0. The summed E-state index contributed by atoms with van der Waals surface area (Å²) in [6.45, 7) is 0. The van der Waals surface area contributed by atoms with Crippen LogP contribution in [0.3, 0.4) is 0 Å². The van der Waals surface area contributed by atoms with Crippen LogP contribution in [0.1, 0.15) is 5.56 Å². The van der Waals surface area contributed by atoms with Gasteiger partial charge in [-0.3, -0.25) is 4.98 Å². The molecule has 0 bridgehead atoms. The SMILES string of the molecule is CNC(CSc1ccc(Br)cc1)Cc1cncc(Br)c1. The van der Waals surface area contributed by atoms with Crippen molar-refractivity contribution in [2.24, 2.45) is 0 Å². The van der Waals surface area contributed by atoms with Gasteiger partial charge < -0.3 is 5.32 Å². The van der Waals surface area contributed by atoms with Gasteiger partial charge in [0.2, 0.25) is 0 Å². The fourth-order valence-corrected chi connectivity index (χ4v) is 3.51. The topological polar surface area (TPSA) is 24.9 Å². The van der Waals surface area contributed by atoms with Crippen LogP contribution in [0.15, 0.2) is 56.6 Å². The maximum Gasteiger partial charge on any atom is 0.0410 e. The summed E-state index contributed by atoms with van der Waals surface area (Å²) in [7, 11) is 2.01. The molecule has 0 amide bonds. The molecule has 1 atom stereocenters. The number of hydrogen-bond donors (Lipinski definition) is 1. The summed E-state index contributed by atoms with van der Waals surface area (Å²) < 4.78 is 2.15. The smallest absolute Gasteiger partial charge is 0.0410 e. The lowest BCUT2D eigenvalue weighted by atomic mass is 10.1. The van der Waals surface area contributed by atoms with E-state index in [4.69, 9.17) is 0 Å². The predicted molar refractivity (Wildman–Crippen MR) is 93.4 cm³/mol. The number of halogens is 2. The average molecular weight is 416 g/mol. The first-order valence-corrected chi connectivity index (χ1v) is 8.89. The Morgan fingerprint density at radius 1 is 1.15 bits per heavy atom. The van der Waals surface area contributed by atoms with Crippen LogP contribution in [-0.2, 0) is 6.42 Å². The van der Waals surface area contributed by atoms with E-state index in [1.54, 1.807) is 0 Å². The summed E-state index contributed by atoms with van der Waals surface area (Å²) in [6, 6.07) is 11.0. The molecule has 106 valence electrons. The van der Waals surface area contributed by atoms with Crippen LogP contribution in [-0.4, -0.2) is 23.8 Å². The Hall–Kier alpha value is -0.360. The minimum Gasteiger partial charge on any atom is -0.316 e. The summed E-state index contributed by atoms with van der Waals surface area (Å²) in [5.74, 6) is 1.03. The van der Waals surface area contributed by atoms with E-state index in [0.717, 1.165) is 21.1 Å². The van der Waals surface area contributed by atoms with Gasteiger partial charge in [0.15, 0.2) is 0 Å². The maximum absolute atomic E-state index is 4.21. The molecule has 1 aromatic heterocycles. The Bertz CT molecular complexity index is 546. The zero-order chi connectivity index (χ0) is 14.4. The van der Waals surface area contributed by atoms with Crippen LogP contribution in [0.5, 0.6) is 0 Å². The van der Waals surface area contributed by atoms with Crippen LogP contribution in [0.2, 0.25) is 0 Å². The highest BCUT2D eigenvalue weighted by atomic mass is 79.9. The molecule has 5 heteroatoms. The van der Waals surface area contributed by atoms with Crippen molar-refractivity contribution in [3.8, 4) is 0 Å². The molecule has 0 radical (unpaired) electrons. The molecule has 1 N–H and O–H groups in total. The van der Waals surface area contributed by atoms with E-state index in [0.29, 0.717) is 6.04 Å². The fraction of sp³-hybridized carbons (Fsp3) is 0.267. The number of nitrogens with one attached hydrogen (secondary N) is 1. The number of pyridine rings is 1. The zero-order valence-electron chi connectivity index (χ0n) is 11.1. The molecule has 2 rings (SSSR count). The van der Waals surface area contributed by atoms with E-state index in [1.165, 1.54) is 10.5 Å². The molecule has 0 spiro atoms. The molecule has 2 nitrogen and oxygen atoms in total. The van der Waals surface area contributed by atoms with E-state index >= 15 is 0 Å². The number of benzene rings is 1. The average Bonchev–Trinajstić information content (AvgIpc) is 2.45. The molecular weight excluding hydrogens is 400 g/mol. The van der Waals surface area contributed by atoms with Gasteiger partial charge in [-0.2, -0.15) is 0 Å². The van der Waals surface area contributed by atoms with Gasteiger partial charge in [-0.1, -0.05) is 15.9 Å². The minimum atomic E-state index is 0.430. The lowest BCUT2D eigenvalue weighted by molar-refractivity contribution is 0.616. The first-order valence-electron chi connectivity index (χ1n) is 6.32. The van der Waals surface area contributed by atoms with Crippen LogP contribution in [0.4, 0.5) is 0 Å². The standard InChI is InChI=1S/C15H16Br2N2S/c1-18-14(7-11-6-13(17)9-19-8-11)10-20-15-4-2-12(16)3-5-15/h2-6,8-9,14,18H,7,10H2,1H3. The fourth-order valence-electron chi connectivity index (χ4n) is 1.82. The molecular formula is C15H16Br2N2S. The second kappa shape index (κ2) is 8.17. The third-order valence-corrected chi connectivity index (χ3v) is 5.05. The Morgan fingerprint density at radius 2 is 1.90 bits per heavy atom. The molecule has 1 unspecified atom stereocenters. The highest BCUT2D eigenvalue weighted by Gasteiger charge is 2.09. The molecule has 2 aromatic rings. The second-order valence-electron chi connectivity index (χ2n) is 4.47. The van der Waals surface area contributed by atoms with Crippen LogP contribution >= 0.6 is 43.6 Å². The molecule has 0 aliphatic carbocycles. The number of rotatable bonds is 6. The van der Waals surface area contributed by atoms with E-state index < -0.39 is 0 Å². The number of thioether (sulfide) groups is 1. The third-order valence-electron chi connectivity index (χ3n) is 2.92. The lowest BCUT2D eigenvalue weighted by Gasteiger charge is -2.16. The first-order chi connectivity index (χ1) is 9.67. The van der Waals surface area contributed by atoms with Gasteiger partial charge in [-0.25, -0.2) is 0 Å². The number of hydrogen-bond acceptors (Lipinski definition) is 3. The summed E-state index contributed by atoms with van der Waals surface area (Å²) >= 11 is 8.79. The third kappa shape index (κ3) is 5.20. The molecule has 0 fully saturated rings. The van der Waals surface area contributed by atoms with Crippen molar-refractivity contribution in [2.75, 3.05) is 12.8 Å². The summed E-state index contributed by atoms with van der Waals surface area (Å²) in [5, 5.41) is 3.38. The lowest BCUT2D eigenvalue weighted by Crippen LogP contribution is -2.30. The Kier molecular flexibility index (Phi) is 6.55. The van der Waals surface area contributed by atoms with Crippen molar-refractivity contribution in [1.29, 1.82) is 0 Å².